The van der Waals surface area contributed by atoms with Gasteiger partial charge in [-0.05, 0) is 12.1 Å². The normalized spacial score (nSPS) is 10.1. The number of hydrogen-bond acceptors (Lipinski definition) is 4. The molecule has 2 aromatic heterocycles. The van der Waals surface area contributed by atoms with E-state index in [9.17, 15) is 4.79 Å². The first kappa shape index (κ1) is 9.39. The molecule has 15 heavy (non-hydrogen) atoms. The first-order valence-corrected chi connectivity index (χ1v) is 4.51. The van der Waals surface area contributed by atoms with Gasteiger partial charge in [0.15, 0.2) is 5.52 Å². The second-order valence-electron chi connectivity index (χ2n) is 2.96. The monoisotopic (exact) mass is 202 g/mol. The van der Waals surface area contributed by atoms with Crippen molar-refractivity contribution in [3.05, 3.63) is 41.3 Å². The summed E-state index contributed by atoms with van der Waals surface area (Å²) in [4.78, 5) is 22.3. The smallest absolute Gasteiger partial charge is 0.278 e. The van der Waals surface area contributed by atoms with Crippen molar-refractivity contribution in [2.24, 2.45) is 0 Å². The van der Waals surface area contributed by atoms with Crippen LogP contribution in [0.15, 0.2) is 35.8 Å². The molecule has 0 radical (unpaired) electrons. The molecule has 76 valence electrons. The molecule has 0 unspecified atom stereocenters. The van der Waals surface area contributed by atoms with Gasteiger partial charge in [-0.25, -0.2) is 9.97 Å². The molecule has 0 saturated carbocycles. The van der Waals surface area contributed by atoms with Crippen LogP contribution >= 0.6 is 0 Å². The lowest BCUT2D eigenvalue weighted by molar-refractivity contribution is 1.11. The first-order chi connectivity index (χ1) is 7.31. The topological polar surface area (TPSA) is 70.7 Å². The first-order valence-electron chi connectivity index (χ1n) is 4.51. The Balaban J connectivity index is 2.52. The maximum atomic E-state index is 11.5. The maximum Gasteiger partial charge on any atom is 0.278 e. The summed E-state index contributed by atoms with van der Waals surface area (Å²) in [6, 6.07) is 3.49. The van der Waals surface area contributed by atoms with Crippen molar-refractivity contribution in [1.29, 1.82) is 0 Å². The van der Waals surface area contributed by atoms with Gasteiger partial charge in [-0.15, -0.1) is 6.58 Å². The minimum atomic E-state index is -0.243. The molecule has 0 fully saturated rings. The molecule has 0 aliphatic carbocycles. The van der Waals surface area contributed by atoms with Crippen molar-refractivity contribution in [1.82, 2.24) is 15.0 Å². The quantitative estimate of drug-likeness (QED) is 0.726. The van der Waals surface area contributed by atoms with Crippen LogP contribution in [0, 0.1) is 0 Å². The third-order valence-corrected chi connectivity index (χ3v) is 1.88. The molecule has 2 N–H and O–H groups in total. The Morgan fingerprint density at radius 2 is 2.47 bits per heavy atom. The zero-order chi connectivity index (χ0) is 10.7. The Morgan fingerprint density at radius 1 is 1.60 bits per heavy atom. The van der Waals surface area contributed by atoms with Gasteiger partial charge < -0.3 is 5.32 Å². The molecule has 0 aromatic carbocycles. The van der Waals surface area contributed by atoms with Crippen LogP contribution in [0.3, 0.4) is 0 Å². The van der Waals surface area contributed by atoms with Crippen LogP contribution in [0.4, 0.5) is 5.95 Å². The predicted molar refractivity (Wildman–Crippen MR) is 58.8 cm³/mol. The van der Waals surface area contributed by atoms with Crippen LogP contribution in [0.25, 0.3) is 11.0 Å². The van der Waals surface area contributed by atoms with Crippen LogP contribution in [0.5, 0.6) is 0 Å². The minimum Gasteiger partial charge on any atom is -0.352 e. The van der Waals surface area contributed by atoms with Gasteiger partial charge in [0, 0.05) is 12.7 Å². The highest BCUT2D eigenvalue weighted by Crippen LogP contribution is 2.04. The Kier molecular flexibility index (Phi) is 2.45. The number of nitrogens with zero attached hydrogens (tertiary/aromatic N) is 2. The summed E-state index contributed by atoms with van der Waals surface area (Å²) < 4.78 is 0. The lowest BCUT2D eigenvalue weighted by Crippen LogP contribution is -2.14. The fourth-order valence-corrected chi connectivity index (χ4v) is 1.23. The summed E-state index contributed by atoms with van der Waals surface area (Å²) in [7, 11) is 0. The van der Waals surface area contributed by atoms with E-state index in [0.29, 0.717) is 23.5 Å². The van der Waals surface area contributed by atoms with Gasteiger partial charge in [-0.3, -0.25) is 9.78 Å². The van der Waals surface area contributed by atoms with Gasteiger partial charge in [0.2, 0.25) is 5.95 Å². The lowest BCUT2D eigenvalue weighted by atomic mass is 10.4. The van der Waals surface area contributed by atoms with E-state index in [4.69, 9.17) is 0 Å². The fraction of sp³-hybridized carbons (Fsp3) is 0.100. The van der Waals surface area contributed by atoms with E-state index in [1.54, 1.807) is 24.4 Å². The molecule has 5 heteroatoms. The highest BCUT2D eigenvalue weighted by Gasteiger charge is 2.02. The van der Waals surface area contributed by atoms with E-state index in [-0.39, 0.29) is 5.56 Å². The summed E-state index contributed by atoms with van der Waals surface area (Å²) in [5.41, 5.74) is 0.682. The molecule has 0 aliphatic rings. The van der Waals surface area contributed by atoms with Gasteiger partial charge in [-0.2, -0.15) is 0 Å². The highest BCUT2D eigenvalue weighted by molar-refractivity contribution is 5.73. The molecule has 0 saturated heterocycles. The summed E-state index contributed by atoms with van der Waals surface area (Å²) >= 11 is 0. The molecule has 2 aromatic rings. The van der Waals surface area contributed by atoms with E-state index in [0.717, 1.165) is 0 Å². The molecule has 0 atom stereocenters. The summed E-state index contributed by atoms with van der Waals surface area (Å²) in [5.74, 6) is 0.431. The second-order valence-corrected chi connectivity index (χ2v) is 2.96. The standard InChI is InChI=1S/C10H10N4O/c1-2-5-12-10-13-7-4-3-6-11-8(7)9(15)14-10/h2-4,6H,1,5H2,(H2,12,13,14,15). The number of pyridine rings is 1. The number of hydrogen-bond donors (Lipinski definition) is 2. The number of H-pyrrole nitrogens is 1. The summed E-state index contributed by atoms with van der Waals surface area (Å²) in [6.45, 7) is 4.12. The van der Waals surface area contributed by atoms with E-state index < -0.39 is 0 Å². The molecule has 5 nitrogen and oxygen atoms in total. The molecule has 2 heterocycles. The minimum absolute atomic E-state index is 0.243. The molecular weight excluding hydrogens is 192 g/mol. The van der Waals surface area contributed by atoms with Crippen LogP contribution in [-0.2, 0) is 0 Å². The van der Waals surface area contributed by atoms with Gasteiger partial charge in [0.1, 0.15) is 0 Å². The SMILES string of the molecule is C=CCNc1nc2cccnc2c(=O)[nH]1. The summed E-state index contributed by atoms with van der Waals surface area (Å²) in [6.07, 6.45) is 3.25. The number of aromatic nitrogens is 3. The molecule has 0 bridgehead atoms. The van der Waals surface area contributed by atoms with E-state index in [1.807, 2.05) is 0 Å². The van der Waals surface area contributed by atoms with Gasteiger partial charge in [-0.1, -0.05) is 6.08 Å². The Hall–Kier alpha value is -2.17. The van der Waals surface area contributed by atoms with Crippen LogP contribution in [-0.4, -0.2) is 21.5 Å². The third kappa shape index (κ3) is 1.85. The van der Waals surface area contributed by atoms with Crippen molar-refractivity contribution in [2.75, 3.05) is 11.9 Å². The molecule has 2 rings (SSSR count). The molecular formula is C10H10N4O. The van der Waals surface area contributed by atoms with Gasteiger partial charge in [0.25, 0.3) is 5.56 Å². The highest BCUT2D eigenvalue weighted by atomic mass is 16.1. The van der Waals surface area contributed by atoms with Crippen LogP contribution < -0.4 is 10.9 Å². The van der Waals surface area contributed by atoms with E-state index >= 15 is 0 Å². The number of anilines is 1. The molecule has 0 spiro atoms. The third-order valence-electron chi connectivity index (χ3n) is 1.88. The maximum absolute atomic E-state index is 11.5. The van der Waals surface area contributed by atoms with Crippen molar-refractivity contribution in [2.45, 2.75) is 0 Å². The molecule has 0 amide bonds. The number of aromatic amines is 1. The van der Waals surface area contributed by atoms with Gasteiger partial charge >= 0.3 is 0 Å². The fourth-order valence-electron chi connectivity index (χ4n) is 1.23. The number of nitrogens with one attached hydrogen (secondary N) is 2. The molecule has 0 aliphatic heterocycles. The van der Waals surface area contributed by atoms with Crippen molar-refractivity contribution < 1.29 is 0 Å². The van der Waals surface area contributed by atoms with Crippen molar-refractivity contribution in [3.63, 3.8) is 0 Å². The van der Waals surface area contributed by atoms with Crippen molar-refractivity contribution >= 4 is 17.0 Å². The largest absolute Gasteiger partial charge is 0.352 e. The van der Waals surface area contributed by atoms with E-state index in [1.165, 1.54) is 0 Å². The zero-order valence-corrected chi connectivity index (χ0v) is 8.03. The average Bonchev–Trinajstić information content (AvgIpc) is 2.26. The average molecular weight is 202 g/mol. The summed E-state index contributed by atoms with van der Waals surface area (Å²) in [5, 5.41) is 2.91. The Labute approximate surface area is 85.9 Å². The van der Waals surface area contributed by atoms with E-state index in [2.05, 4.69) is 26.8 Å². The number of rotatable bonds is 3. The van der Waals surface area contributed by atoms with Crippen LogP contribution in [0.1, 0.15) is 0 Å². The van der Waals surface area contributed by atoms with Crippen molar-refractivity contribution in [3.8, 4) is 0 Å². The van der Waals surface area contributed by atoms with Gasteiger partial charge in [0.05, 0.1) is 5.52 Å². The predicted octanol–water partition coefficient (Wildman–Crippen LogP) is 0.916. The zero-order valence-electron chi connectivity index (χ0n) is 8.03. The van der Waals surface area contributed by atoms with Crippen LogP contribution in [0.2, 0.25) is 0 Å². The lowest BCUT2D eigenvalue weighted by Gasteiger charge is -2.02. The number of fused-ring (bicyclic) bond motifs is 1. The Bertz CT molecular complexity index is 546. The second kappa shape index (κ2) is 3.91. The Morgan fingerprint density at radius 3 is 3.27 bits per heavy atom.